The normalized spacial score (nSPS) is 11.8. The lowest BCUT2D eigenvalue weighted by Gasteiger charge is -2.34. The topological polar surface area (TPSA) is 105 Å². The predicted octanol–water partition coefficient (Wildman–Crippen LogP) is 5.75. The van der Waals surface area contributed by atoms with Gasteiger partial charge in [-0.1, -0.05) is 76.1 Å². The molecule has 0 saturated heterocycles. The average molecular weight is 709 g/mol. The summed E-state index contributed by atoms with van der Waals surface area (Å²) < 4.78 is 41.2. The Bertz CT molecular complexity index is 1750. The Morgan fingerprint density at radius 2 is 1.52 bits per heavy atom. The molecule has 4 aromatic carbocycles. The van der Waals surface area contributed by atoms with Crippen LogP contribution in [0.2, 0.25) is 0 Å². The van der Waals surface area contributed by atoms with Gasteiger partial charge in [0, 0.05) is 30.0 Å². The molecule has 9 nitrogen and oxygen atoms in total. The van der Waals surface area contributed by atoms with Crippen LogP contribution in [0.4, 0.5) is 5.69 Å². The van der Waals surface area contributed by atoms with Gasteiger partial charge < -0.3 is 19.7 Å². The van der Waals surface area contributed by atoms with Crippen LogP contribution in [0.15, 0.2) is 106 Å². The van der Waals surface area contributed by atoms with Gasteiger partial charge in [-0.25, -0.2) is 8.42 Å². The molecular weight excluding hydrogens is 670 g/mol. The molecule has 4 rings (SSSR count). The smallest absolute Gasteiger partial charge is 0.264 e. The molecule has 0 aliphatic carbocycles. The highest BCUT2D eigenvalue weighted by Crippen LogP contribution is 2.34. The van der Waals surface area contributed by atoms with Gasteiger partial charge >= 0.3 is 0 Å². The lowest BCUT2D eigenvalue weighted by molar-refractivity contribution is -0.140. The van der Waals surface area contributed by atoms with Gasteiger partial charge in [-0.2, -0.15) is 0 Å². The summed E-state index contributed by atoms with van der Waals surface area (Å²) in [5, 5.41) is 2.87. The van der Waals surface area contributed by atoms with E-state index < -0.39 is 28.5 Å². The van der Waals surface area contributed by atoms with Gasteiger partial charge in [-0.05, 0) is 61.4 Å². The van der Waals surface area contributed by atoms with Crippen LogP contribution in [-0.4, -0.2) is 58.5 Å². The molecule has 1 N–H and O–H groups in total. The van der Waals surface area contributed by atoms with Crippen LogP contribution in [0.25, 0.3) is 0 Å². The maximum absolute atomic E-state index is 14.5. The average Bonchev–Trinajstić information content (AvgIpc) is 3.05. The maximum Gasteiger partial charge on any atom is 0.264 e. The Balaban J connectivity index is 1.83. The third-order valence-corrected chi connectivity index (χ3v) is 9.69. The Kier molecular flexibility index (Phi) is 11.8. The Morgan fingerprint density at radius 1 is 0.848 bits per heavy atom. The number of hydrogen-bond donors (Lipinski definition) is 1. The second-order valence-electron chi connectivity index (χ2n) is 10.6. The van der Waals surface area contributed by atoms with Crippen molar-refractivity contribution in [1.82, 2.24) is 10.2 Å². The van der Waals surface area contributed by atoms with Gasteiger partial charge in [0.15, 0.2) is 11.5 Å². The molecule has 0 aliphatic heterocycles. The molecular formula is C35H38BrN3O6S. The molecule has 0 heterocycles. The highest BCUT2D eigenvalue weighted by atomic mass is 79.9. The number of carbonyl (C=O) groups excluding carboxylic acids is 2. The number of nitrogens with one attached hydrogen (secondary N) is 1. The molecule has 0 spiro atoms. The Morgan fingerprint density at radius 3 is 2.15 bits per heavy atom. The highest BCUT2D eigenvalue weighted by Gasteiger charge is 2.35. The number of carbonyl (C=O) groups is 2. The predicted molar refractivity (Wildman–Crippen MR) is 183 cm³/mol. The van der Waals surface area contributed by atoms with Gasteiger partial charge in [0.2, 0.25) is 11.8 Å². The zero-order valence-electron chi connectivity index (χ0n) is 26.3. The second-order valence-corrected chi connectivity index (χ2v) is 13.4. The molecule has 242 valence electrons. The molecule has 11 heteroatoms. The van der Waals surface area contributed by atoms with Gasteiger partial charge in [0.05, 0.1) is 24.8 Å². The first-order chi connectivity index (χ1) is 22.1. The Labute approximate surface area is 279 Å². The maximum atomic E-state index is 14.5. The summed E-state index contributed by atoms with van der Waals surface area (Å²) >= 11 is 3.49. The molecule has 1 atom stereocenters. The van der Waals surface area contributed by atoms with E-state index in [1.54, 1.807) is 24.3 Å². The minimum Gasteiger partial charge on any atom is -0.493 e. The first kappa shape index (κ1) is 34.5. The van der Waals surface area contributed by atoms with Crippen molar-refractivity contribution in [2.75, 3.05) is 31.6 Å². The number of benzene rings is 4. The summed E-state index contributed by atoms with van der Waals surface area (Å²) in [6.45, 7) is 3.52. The Hall–Kier alpha value is -4.35. The quantitative estimate of drug-likeness (QED) is 0.179. The zero-order valence-corrected chi connectivity index (χ0v) is 28.7. The van der Waals surface area contributed by atoms with Crippen molar-refractivity contribution < 1.29 is 27.5 Å². The molecule has 0 aromatic heterocycles. The van der Waals surface area contributed by atoms with E-state index >= 15 is 0 Å². The largest absolute Gasteiger partial charge is 0.493 e. The number of aryl methyl sites for hydroxylation is 1. The lowest BCUT2D eigenvalue weighted by Crippen LogP contribution is -2.53. The summed E-state index contributed by atoms with van der Waals surface area (Å²) in [7, 11) is -1.32. The second kappa shape index (κ2) is 15.8. The summed E-state index contributed by atoms with van der Waals surface area (Å²) in [4.78, 5) is 29.6. The number of likely N-dealkylation sites (N-methyl/N-ethyl adjacent to an activating group) is 1. The fraction of sp³-hybridized carbons (Fsp3) is 0.257. The first-order valence-electron chi connectivity index (χ1n) is 14.7. The van der Waals surface area contributed by atoms with Crippen molar-refractivity contribution in [3.63, 3.8) is 0 Å². The SMILES string of the molecule is CCNC(=O)[C@@H](Cc1ccccc1)N(Cc1cccc(Br)c1)C(=O)CN(c1ccc(OC)c(OC)c1)S(=O)(=O)c1ccc(C)cc1. The van der Waals surface area contributed by atoms with Crippen molar-refractivity contribution in [2.45, 2.75) is 37.8 Å². The molecule has 0 bridgehead atoms. The molecule has 46 heavy (non-hydrogen) atoms. The van der Waals surface area contributed by atoms with E-state index in [9.17, 15) is 18.0 Å². The van der Waals surface area contributed by atoms with Crippen molar-refractivity contribution in [2.24, 2.45) is 0 Å². The molecule has 4 aromatic rings. The number of anilines is 1. The standard InChI is InChI=1S/C35H38BrN3O6S/c1-5-37-35(41)31(21-26-10-7-6-8-11-26)38(23-27-12-9-13-28(36)20-27)34(40)24-39(29-16-19-32(44-3)33(22-29)45-4)46(42,43)30-17-14-25(2)15-18-30/h6-20,22,31H,5,21,23-24H2,1-4H3,(H,37,41)/t31-/m1/s1. The van der Waals surface area contributed by atoms with Gasteiger partial charge in [0.1, 0.15) is 12.6 Å². The number of rotatable bonds is 14. The van der Waals surface area contributed by atoms with Crippen molar-refractivity contribution >= 4 is 43.5 Å². The van der Waals surface area contributed by atoms with Crippen LogP contribution in [0.3, 0.4) is 0 Å². The van der Waals surface area contributed by atoms with Gasteiger partial charge in [-0.15, -0.1) is 0 Å². The van der Waals surface area contributed by atoms with Crippen molar-refractivity contribution in [1.29, 1.82) is 0 Å². The minimum atomic E-state index is -4.26. The van der Waals surface area contributed by atoms with Crippen LogP contribution in [0.1, 0.15) is 23.6 Å². The van der Waals surface area contributed by atoms with E-state index in [0.29, 0.717) is 18.0 Å². The fourth-order valence-electron chi connectivity index (χ4n) is 5.02. The summed E-state index contributed by atoms with van der Waals surface area (Å²) in [6, 6.07) is 27.0. The summed E-state index contributed by atoms with van der Waals surface area (Å²) in [5.74, 6) is -0.195. The number of hydrogen-bond acceptors (Lipinski definition) is 6. The first-order valence-corrected chi connectivity index (χ1v) is 17.0. The van der Waals surface area contributed by atoms with E-state index in [1.165, 1.54) is 37.3 Å². The van der Waals surface area contributed by atoms with Crippen LogP contribution >= 0.6 is 15.9 Å². The number of ether oxygens (including phenoxy) is 2. The fourth-order valence-corrected chi connectivity index (χ4v) is 6.88. The van der Waals surface area contributed by atoms with Gasteiger partial charge in [0.25, 0.3) is 10.0 Å². The van der Waals surface area contributed by atoms with Crippen LogP contribution in [-0.2, 0) is 32.6 Å². The number of methoxy groups -OCH3 is 2. The molecule has 0 unspecified atom stereocenters. The molecule has 0 saturated carbocycles. The molecule has 0 aliphatic rings. The van der Waals surface area contributed by atoms with E-state index in [-0.39, 0.29) is 29.5 Å². The van der Waals surface area contributed by atoms with E-state index in [4.69, 9.17) is 9.47 Å². The number of amides is 2. The van der Waals surface area contributed by atoms with E-state index in [0.717, 1.165) is 25.5 Å². The number of sulfonamides is 1. The van der Waals surface area contributed by atoms with E-state index in [2.05, 4.69) is 21.2 Å². The molecule has 2 amide bonds. The van der Waals surface area contributed by atoms with Crippen LogP contribution in [0.5, 0.6) is 11.5 Å². The molecule has 0 fully saturated rings. The van der Waals surface area contributed by atoms with Crippen LogP contribution in [0, 0.1) is 6.92 Å². The highest BCUT2D eigenvalue weighted by molar-refractivity contribution is 9.10. The lowest BCUT2D eigenvalue weighted by atomic mass is 10.0. The molecule has 0 radical (unpaired) electrons. The monoisotopic (exact) mass is 707 g/mol. The van der Waals surface area contributed by atoms with Gasteiger partial charge in [-0.3, -0.25) is 13.9 Å². The minimum absolute atomic E-state index is 0.0174. The zero-order chi connectivity index (χ0) is 33.3. The summed E-state index contributed by atoms with van der Waals surface area (Å²) in [6.07, 6.45) is 0.230. The van der Waals surface area contributed by atoms with E-state index in [1.807, 2.05) is 68.4 Å². The number of nitrogens with zero attached hydrogens (tertiary/aromatic N) is 2. The summed E-state index contributed by atoms with van der Waals surface area (Å²) in [5.41, 5.74) is 2.71. The van der Waals surface area contributed by atoms with Crippen molar-refractivity contribution in [3.8, 4) is 11.5 Å². The van der Waals surface area contributed by atoms with Crippen LogP contribution < -0.4 is 19.1 Å². The third-order valence-electron chi connectivity index (χ3n) is 7.41. The number of halogens is 1. The third kappa shape index (κ3) is 8.46. The van der Waals surface area contributed by atoms with Crippen molar-refractivity contribution in [3.05, 3.63) is 118 Å².